The Balaban J connectivity index is 1.53. The van der Waals surface area contributed by atoms with Gasteiger partial charge in [-0.1, -0.05) is 31.2 Å². The Labute approximate surface area is 168 Å². The van der Waals surface area contributed by atoms with E-state index in [0.717, 1.165) is 41.4 Å². The maximum atomic E-state index is 12.3. The van der Waals surface area contributed by atoms with Crippen LogP contribution in [0.5, 0.6) is 5.75 Å². The van der Waals surface area contributed by atoms with Gasteiger partial charge in [0.25, 0.3) is 5.91 Å². The smallest absolute Gasteiger partial charge is 0.258 e. The van der Waals surface area contributed by atoms with Crippen molar-refractivity contribution in [3.63, 3.8) is 0 Å². The lowest BCUT2D eigenvalue weighted by Gasteiger charge is -2.33. The van der Waals surface area contributed by atoms with E-state index in [2.05, 4.69) is 41.4 Å². The zero-order chi connectivity index (χ0) is 20.1. The Morgan fingerprint density at radius 3 is 2.68 bits per heavy atom. The van der Waals surface area contributed by atoms with E-state index in [9.17, 15) is 4.79 Å². The van der Waals surface area contributed by atoms with Gasteiger partial charge in [-0.3, -0.25) is 4.79 Å². The van der Waals surface area contributed by atoms with E-state index in [1.165, 1.54) is 18.5 Å². The van der Waals surface area contributed by atoms with Crippen LogP contribution in [0, 0.1) is 19.8 Å². The van der Waals surface area contributed by atoms with Crippen LogP contribution < -0.4 is 15.0 Å². The third-order valence-electron chi connectivity index (χ3n) is 5.71. The number of piperidine rings is 1. The molecule has 0 aromatic heterocycles. The number of nitrogens with zero attached hydrogens (tertiary/aromatic N) is 1. The Morgan fingerprint density at radius 2 is 1.96 bits per heavy atom. The molecule has 4 nitrogen and oxygen atoms in total. The van der Waals surface area contributed by atoms with Gasteiger partial charge in [0, 0.05) is 18.8 Å². The molecule has 1 N–H and O–H groups in total. The first kappa shape index (κ1) is 20.2. The number of carbonyl (C=O) groups is 1. The molecule has 0 aliphatic carbocycles. The number of hydrogen-bond acceptors (Lipinski definition) is 3. The van der Waals surface area contributed by atoms with Crippen molar-refractivity contribution < 1.29 is 9.53 Å². The maximum Gasteiger partial charge on any atom is 0.258 e. The monoisotopic (exact) mass is 380 g/mol. The second kappa shape index (κ2) is 9.13. The van der Waals surface area contributed by atoms with Gasteiger partial charge < -0.3 is 15.0 Å². The van der Waals surface area contributed by atoms with E-state index < -0.39 is 0 Å². The number of carbonyl (C=O) groups excluding carboxylic acids is 1. The highest BCUT2D eigenvalue weighted by molar-refractivity contribution is 5.78. The summed E-state index contributed by atoms with van der Waals surface area (Å²) in [5, 5.41) is 3.03. The Kier molecular flexibility index (Phi) is 6.61. The van der Waals surface area contributed by atoms with Gasteiger partial charge in [0.15, 0.2) is 6.61 Å². The lowest BCUT2D eigenvalue weighted by Crippen LogP contribution is -2.34. The molecule has 3 rings (SSSR count). The topological polar surface area (TPSA) is 41.6 Å². The summed E-state index contributed by atoms with van der Waals surface area (Å²) < 4.78 is 5.71. The first-order valence-corrected chi connectivity index (χ1v) is 10.3. The van der Waals surface area contributed by atoms with Crippen molar-refractivity contribution in [2.24, 2.45) is 5.92 Å². The normalized spacial score (nSPS) is 17.9. The maximum absolute atomic E-state index is 12.3. The molecule has 4 heteroatoms. The van der Waals surface area contributed by atoms with Gasteiger partial charge in [-0.25, -0.2) is 0 Å². The zero-order valence-electron chi connectivity index (χ0n) is 17.5. The molecule has 150 valence electrons. The molecule has 1 heterocycles. The standard InChI is InChI=1S/C24H32N2O2/c1-17-7-6-14-26(15-17)22-12-10-21(11-13-22)20(4)25-24(27)16-28-23-9-5-8-18(2)19(23)3/h5,8-13,17,20H,6-7,14-16H2,1-4H3,(H,25,27). The molecule has 1 aliphatic heterocycles. The number of benzene rings is 2. The summed E-state index contributed by atoms with van der Waals surface area (Å²) >= 11 is 0. The van der Waals surface area contributed by atoms with Crippen LogP contribution in [-0.4, -0.2) is 25.6 Å². The van der Waals surface area contributed by atoms with E-state index in [-0.39, 0.29) is 18.6 Å². The average Bonchev–Trinajstić information content (AvgIpc) is 2.69. The van der Waals surface area contributed by atoms with Crippen LogP contribution in [0.25, 0.3) is 0 Å². The van der Waals surface area contributed by atoms with E-state index in [4.69, 9.17) is 4.74 Å². The van der Waals surface area contributed by atoms with E-state index in [1.54, 1.807) is 0 Å². The highest BCUT2D eigenvalue weighted by atomic mass is 16.5. The fourth-order valence-electron chi connectivity index (χ4n) is 3.79. The summed E-state index contributed by atoms with van der Waals surface area (Å²) in [4.78, 5) is 14.8. The zero-order valence-corrected chi connectivity index (χ0v) is 17.5. The summed E-state index contributed by atoms with van der Waals surface area (Å²) in [6.07, 6.45) is 2.58. The van der Waals surface area contributed by atoms with Crippen LogP contribution in [0.3, 0.4) is 0 Å². The van der Waals surface area contributed by atoms with Crippen molar-refractivity contribution in [1.82, 2.24) is 5.32 Å². The van der Waals surface area contributed by atoms with Gasteiger partial charge in [-0.15, -0.1) is 0 Å². The number of anilines is 1. The fraction of sp³-hybridized carbons (Fsp3) is 0.458. The van der Waals surface area contributed by atoms with Crippen LogP contribution >= 0.6 is 0 Å². The molecule has 0 spiro atoms. The number of nitrogens with one attached hydrogen (secondary N) is 1. The number of aryl methyl sites for hydroxylation is 1. The van der Waals surface area contributed by atoms with Gasteiger partial charge in [-0.05, 0) is 74.4 Å². The van der Waals surface area contributed by atoms with Crippen molar-refractivity contribution in [1.29, 1.82) is 0 Å². The van der Waals surface area contributed by atoms with Crippen LogP contribution in [-0.2, 0) is 4.79 Å². The number of ether oxygens (including phenoxy) is 1. The number of rotatable bonds is 6. The third kappa shape index (κ3) is 5.06. The first-order chi connectivity index (χ1) is 13.4. The van der Waals surface area contributed by atoms with Crippen molar-refractivity contribution >= 4 is 11.6 Å². The van der Waals surface area contributed by atoms with Crippen molar-refractivity contribution in [3.05, 3.63) is 59.2 Å². The molecule has 1 saturated heterocycles. The summed E-state index contributed by atoms with van der Waals surface area (Å²) in [6, 6.07) is 14.4. The predicted octanol–water partition coefficient (Wildman–Crippen LogP) is 4.80. The molecule has 0 bridgehead atoms. The second-order valence-electron chi connectivity index (χ2n) is 8.06. The first-order valence-electron chi connectivity index (χ1n) is 10.3. The van der Waals surface area contributed by atoms with Gasteiger partial charge in [0.2, 0.25) is 0 Å². The van der Waals surface area contributed by atoms with E-state index >= 15 is 0 Å². The van der Waals surface area contributed by atoms with Crippen molar-refractivity contribution in [2.45, 2.75) is 46.6 Å². The molecule has 1 amide bonds. The summed E-state index contributed by atoms with van der Waals surface area (Å²) in [5.41, 5.74) is 4.61. The van der Waals surface area contributed by atoms with E-state index in [1.807, 2.05) is 39.0 Å². The molecule has 2 atom stereocenters. The summed E-state index contributed by atoms with van der Waals surface area (Å²) in [7, 11) is 0. The van der Waals surface area contributed by atoms with E-state index in [0.29, 0.717) is 0 Å². The molecule has 1 aliphatic rings. The molecule has 28 heavy (non-hydrogen) atoms. The van der Waals surface area contributed by atoms with Crippen LogP contribution in [0.4, 0.5) is 5.69 Å². The highest BCUT2D eigenvalue weighted by Crippen LogP contribution is 2.25. The summed E-state index contributed by atoms with van der Waals surface area (Å²) in [5.74, 6) is 1.41. The Hall–Kier alpha value is -2.49. The molecule has 2 unspecified atom stereocenters. The molecule has 0 saturated carbocycles. The number of hydrogen-bond donors (Lipinski definition) is 1. The lowest BCUT2D eigenvalue weighted by atomic mass is 9.99. The second-order valence-corrected chi connectivity index (χ2v) is 8.06. The molecule has 0 radical (unpaired) electrons. The minimum Gasteiger partial charge on any atom is -0.483 e. The SMILES string of the molecule is Cc1cccc(OCC(=O)NC(C)c2ccc(N3CCCC(C)C3)cc2)c1C. The largest absolute Gasteiger partial charge is 0.483 e. The van der Waals surface area contributed by atoms with Gasteiger partial charge in [0.1, 0.15) is 5.75 Å². The summed E-state index contributed by atoms with van der Waals surface area (Å²) in [6.45, 7) is 10.7. The lowest BCUT2D eigenvalue weighted by molar-refractivity contribution is -0.123. The molecular weight excluding hydrogens is 348 g/mol. The highest BCUT2D eigenvalue weighted by Gasteiger charge is 2.17. The van der Waals surface area contributed by atoms with Gasteiger partial charge >= 0.3 is 0 Å². The average molecular weight is 381 g/mol. The van der Waals surface area contributed by atoms with Crippen molar-refractivity contribution in [3.8, 4) is 5.75 Å². The quantitative estimate of drug-likeness (QED) is 0.783. The molecule has 2 aromatic rings. The molecule has 1 fully saturated rings. The van der Waals surface area contributed by atoms with Gasteiger partial charge in [-0.2, -0.15) is 0 Å². The Morgan fingerprint density at radius 1 is 1.21 bits per heavy atom. The van der Waals surface area contributed by atoms with Gasteiger partial charge in [0.05, 0.1) is 6.04 Å². The number of amides is 1. The molecule has 2 aromatic carbocycles. The fourth-order valence-corrected chi connectivity index (χ4v) is 3.79. The van der Waals surface area contributed by atoms with Crippen molar-refractivity contribution in [2.75, 3.05) is 24.6 Å². The third-order valence-corrected chi connectivity index (χ3v) is 5.71. The Bertz CT molecular complexity index is 801. The predicted molar refractivity (Wildman–Crippen MR) is 115 cm³/mol. The van der Waals surface area contributed by atoms with Crippen LogP contribution in [0.1, 0.15) is 49.4 Å². The van der Waals surface area contributed by atoms with Crippen LogP contribution in [0.2, 0.25) is 0 Å². The van der Waals surface area contributed by atoms with Crippen LogP contribution in [0.15, 0.2) is 42.5 Å². The molecular formula is C24H32N2O2. The minimum absolute atomic E-state index is 0.0262. The minimum atomic E-state index is -0.109.